The van der Waals surface area contributed by atoms with Gasteiger partial charge in [0.25, 0.3) is 5.91 Å². The molecular formula is C26H26F3N7O2. The molecule has 3 aromatic heterocycles. The number of amides is 1. The van der Waals surface area contributed by atoms with Gasteiger partial charge in [-0.1, -0.05) is 0 Å². The number of halogens is 3. The van der Waals surface area contributed by atoms with Crippen LogP contribution in [0.1, 0.15) is 47.3 Å². The Kier molecular flexibility index (Phi) is 7.14. The summed E-state index contributed by atoms with van der Waals surface area (Å²) in [4.78, 5) is 23.5. The van der Waals surface area contributed by atoms with Gasteiger partial charge in [0, 0.05) is 31.5 Å². The number of hydrogen-bond donors (Lipinski definition) is 1. The molecule has 4 heterocycles. The molecule has 38 heavy (non-hydrogen) atoms. The van der Waals surface area contributed by atoms with E-state index in [1.165, 1.54) is 29.3 Å². The second-order valence-corrected chi connectivity index (χ2v) is 9.54. The number of anilines is 1. The molecule has 1 N–H and O–H groups in total. The number of nitrogens with one attached hydrogen (secondary N) is 1. The van der Waals surface area contributed by atoms with Crippen LogP contribution in [0.5, 0.6) is 0 Å². The zero-order valence-corrected chi connectivity index (χ0v) is 20.5. The molecule has 0 spiro atoms. The monoisotopic (exact) mass is 525 g/mol. The number of carbonyl (C=O) groups is 1. The van der Waals surface area contributed by atoms with Gasteiger partial charge in [0.2, 0.25) is 0 Å². The number of aromatic nitrogens is 4. The van der Waals surface area contributed by atoms with E-state index in [2.05, 4.69) is 31.4 Å². The van der Waals surface area contributed by atoms with Crippen molar-refractivity contribution < 1.29 is 22.7 Å². The molecule has 9 nitrogen and oxygen atoms in total. The molecule has 2 aliphatic rings. The van der Waals surface area contributed by atoms with Crippen molar-refractivity contribution in [1.29, 1.82) is 5.26 Å². The zero-order valence-electron chi connectivity index (χ0n) is 20.5. The van der Waals surface area contributed by atoms with Crippen molar-refractivity contribution in [1.82, 2.24) is 24.6 Å². The van der Waals surface area contributed by atoms with Crippen molar-refractivity contribution >= 4 is 11.6 Å². The second-order valence-electron chi connectivity index (χ2n) is 9.54. The van der Waals surface area contributed by atoms with Crippen LogP contribution in [0.3, 0.4) is 0 Å². The maximum atomic E-state index is 12.8. The van der Waals surface area contributed by atoms with E-state index in [-0.39, 0.29) is 11.4 Å². The number of morpholine rings is 1. The summed E-state index contributed by atoms with van der Waals surface area (Å²) < 4.78 is 44.9. The normalized spacial score (nSPS) is 22.5. The molecule has 1 saturated carbocycles. The highest BCUT2D eigenvalue weighted by Crippen LogP contribution is 2.40. The number of nitriles is 1. The number of pyridine rings is 2. The molecule has 12 heteroatoms. The molecule has 0 atom stereocenters. The number of ether oxygens (including phenoxy) is 1. The lowest BCUT2D eigenvalue weighted by Gasteiger charge is -2.41. The molecule has 1 saturated heterocycles. The predicted molar refractivity (Wildman–Crippen MR) is 130 cm³/mol. The highest BCUT2D eigenvalue weighted by Gasteiger charge is 2.40. The SMILES string of the molecule is N#CC1(c2ccc(NC(=O)c3cnn(-c4ccc(C(F)(F)F)cn4)c3)cn2)CCC(N2CCOCC2)CC1. The van der Waals surface area contributed by atoms with E-state index < -0.39 is 23.1 Å². The van der Waals surface area contributed by atoms with Gasteiger partial charge in [-0.3, -0.25) is 14.7 Å². The molecule has 0 unspecified atom stereocenters. The van der Waals surface area contributed by atoms with Crippen molar-refractivity contribution in [3.63, 3.8) is 0 Å². The average Bonchev–Trinajstić information content (AvgIpc) is 3.44. The summed E-state index contributed by atoms with van der Waals surface area (Å²) in [6.07, 6.45) is 3.73. The fourth-order valence-electron chi connectivity index (χ4n) is 5.04. The van der Waals surface area contributed by atoms with Gasteiger partial charge < -0.3 is 10.1 Å². The predicted octanol–water partition coefficient (Wildman–Crippen LogP) is 3.97. The number of nitrogens with zero attached hydrogens (tertiary/aromatic N) is 6. The molecule has 0 radical (unpaired) electrons. The van der Waals surface area contributed by atoms with Crippen LogP contribution in [0.25, 0.3) is 5.82 Å². The first-order valence-corrected chi connectivity index (χ1v) is 12.4. The first-order valence-electron chi connectivity index (χ1n) is 12.4. The van der Waals surface area contributed by atoms with Crippen LogP contribution in [0, 0.1) is 11.3 Å². The summed E-state index contributed by atoms with van der Waals surface area (Å²) in [6, 6.07) is 8.54. The summed E-state index contributed by atoms with van der Waals surface area (Å²) in [7, 11) is 0. The lowest BCUT2D eigenvalue weighted by atomic mass is 9.71. The smallest absolute Gasteiger partial charge is 0.379 e. The Morgan fingerprint density at radius 3 is 2.45 bits per heavy atom. The molecule has 1 aliphatic carbocycles. The zero-order chi connectivity index (χ0) is 26.8. The summed E-state index contributed by atoms with van der Waals surface area (Å²) in [5, 5.41) is 16.8. The Bertz CT molecular complexity index is 1300. The van der Waals surface area contributed by atoms with Gasteiger partial charge in [0.15, 0.2) is 5.82 Å². The van der Waals surface area contributed by atoms with Crippen molar-refractivity contribution in [2.24, 2.45) is 0 Å². The third-order valence-corrected chi connectivity index (χ3v) is 7.25. The number of rotatable bonds is 5. The molecule has 5 rings (SSSR count). The Hall–Kier alpha value is -3.82. The maximum absolute atomic E-state index is 12.8. The van der Waals surface area contributed by atoms with E-state index in [1.54, 1.807) is 12.1 Å². The minimum atomic E-state index is -4.49. The number of carbonyl (C=O) groups excluding carboxylic acids is 1. The number of hydrogen-bond acceptors (Lipinski definition) is 7. The van der Waals surface area contributed by atoms with E-state index in [0.717, 1.165) is 58.1 Å². The largest absolute Gasteiger partial charge is 0.417 e. The quantitative estimate of drug-likeness (QED) is 0.537. The van der Waals surface area contributed by atoms with Crippen molar-refractivity contribution in [2.75, 3.05) is 31.6 Å². The lowest BCUT2D eigenvalue weighted by Crippen LogP contribution is -2.47. The Morgan fingerprint density at radius 1 is 1.08 bits per heavy atom. The maximum Gasteiger partial charge on any atom is 0.417 e. The highest BCUT2D eigenvalue weighted by molar-refractivity contribution is 6.03. The molecule has 3 aromatic rings. The highest BCUT2D eigenvalue weighted by atomic mass is 19.4. The van der Waals surface area contributed by atoms with Crippen LogP contribution in [-0.2, 0) is 16.3 Å². The first kappa shape index (κ1) is 25.8. The van der Waals surface area contributed by atoms with Gasteiger partial charge in [-0.2, -0.15) is 23.5 Å². The molecule has 1 aliphatic heterocycles. The fourth-order valence-corrected chi connectivity index (χ4v) is 5.04. The lowest BCUT2D eigenvalue weighted by molar-refractivity contribution is -0.137. The van der Waals surface area contributed by atoms with E-state index >= 15 is 0 Å². The van der Waals surface area contributed by atoms with Crippen LogP contribution in [0.4, 0.5) is 18.9 Å². The van der Waals surface area contributed by atoms with Crippen molar-refractivity contribution in [3.8, 4) is 11.9 Å². The molecule has 198 valence electrons. The average molecular weight is 526 g/mol. The van der Waals surface area contributed by atoms with Crippen molar-refractivity contribution in [2.45, 2.75) is 43.3 Å². The standard InChI is InChI=1S/C26H26F3N7O2/c27-26(28,29)19-1-4-23(32-14-19)36-16-18(13-33-36)24(37)34-20-2-3-22(31-15-20)25(17-30)7-5-21(6-8-25)35-9-11-38-12-10-35/h1-4,13-16,21H,5-12H2,(H,34,37). The first-order chi connectivity index (χ1) is 18.3. The summed E-state index contributed by atoms with van der Waals surface area (Å²) >= 11 is 0. The van der Waals surface area contributed by atoms with Crippen LogP contribution in [0.2, 0.25) is 0 Å². The second kappa shape index (κ2) is 10.5. The summed E-state index contributed by atoms with van der Waals surface area (Å²) in [5.41, 5.74) is -0.175. The van der Waals surface area contributed by atoms with E-state index in [1.807, 2.05) is 0 Å². The summed E-state index contributed by atoms with van der Waals surface area (Å²) in [5.74, 6) is -0.313. The van der Waals surface area contributed by atoms with Gasteiger partial charge in [-0.25, -0.2) is 9.67 Å². The van der Waals surface area contributed by atoms with Crippen molar-refractivity contribution in [3.05, 3.63) is 65.9 Å². The van der Waals surface area contributed by atoms with E-state index in [9.17, 15) is 23.2 Å². The van der Waals surface area contributed by atoms with Crippen LogP contribution < -0.4 is 5.32 Å². The third kappa shape index (κ3) is 5.39. The van der Waals surface area contributed by atoms with Crippen LogP contribution in [0.15, 0.2) is 49.1 Å². The van der Waals surface area contributed by atoms with Crippen LogP contribution >= 0.6 is 0 Å². The van der Waals surface area contributed by atoms with Gasteiger partial charge in [-0.15, -0.1) is 0 Å². The molecule has 0 bridgehead atoms. The van der Waals surface area contributed by atoms with Gasteiger partial charge in [0.1, 0.15) is 0 Å². The molecule has 0 aromatic carbocycles. The molecular weight excluding hydrogens is 499 g/mol. The van der Waals surface area contributed by atoms with Gasteiger partial charge in [0.05, 0.1) is 59.6 Å². The minimum absolute atomic E-state index is 0.146. The molecule has 1 amide bonds. The van der Waals surface area contributed by atoms with E-state index in [4.69, 9.17) is 4.74 Å². The number of alkyl halides is 3. The molecule has 2 fully saturated rings. The third-order valence-electron chi connectivity index (χ3n) is 7.25. The Balaban J connectivity index is 1.21. The van der Waals surface area contributed by atoms with E-state index in [0.29, 0.717) is 23.6 Å². The minimum Gasteiger partial charge on any atom is -0.379 e. The Labute approximate surface area is 217 Å². The van der Waals surface area contributed by atoms with Gasteiger partial charge in [-0.05, 0) is 49.9 Å². The fraction of sp³-hybridized carbons (Fsp3) is 0.423. The summed E-state index contributed by atoms with van der Waals surface area (Å²) in [6.45, 7) is 3.36. The Morgan fingerprint density at radius 2 is 1.84 bits per heavy atom. The topological polar surface area (TPSA) is 109 Å². The van der Waals surface area contributed by atoms with Crippen LogP contribution in [-0.4, -0.2) is 62.9 Å². The van der Waals surface area contributed by atoms with Gasteiger partial charge >= 0.3 is 6.18 Å².